The lowest BCUT2D eigenvalue weighted by Gasteiger charge is -2.22. The normalized spacial score (nSPS) is 16.8. The Morgan fingerprint density at radius 2 is 1.80 bits per heavy atom. The molecule has 1 aliphatic rings. The number of carbonyl (C=O) groups excluding carboxylic acids is 1. The van der Waals surface area contributed by atoms with Gasteiger partial charge in [-0.2, -0.15) is 5.10 Å². The summed E-state index contributed by atoms with van der Waals surface area (Å²) in [5.41, 5.74) is 2.21. The maximum absolute atomic E-state index is 13.1. The monoisotopic (exact) mass is 350 g/mol. The van der Waals surface area contributed by atoms with Gasteiger partial charge in [0.05, 0.1) is 22.9 Å². The minimum atomic E-state index is -0.221. The molecular formula is C20H15ClN2O2. The molecule has 1 aliphatic heterocycles. The molecule has 0 saturated carbocycles. The number of hydrogen-bond donors (Lipinski definition) is 0. The van der Waals surface area contributed by atoms with E-state index in [1.807, 2.05) is 42.5 Å². The molecule has 5 heteroatoms. The molecule has 4 rings (SSSR count). The molecule has 0 spiro atoms. The second-order valence-corrected chi connectivity index (χ2v) is 6.19. The average Bonchev–Trinajstić information content (AvgIpc) is 3.32. The topological polar surface area (TPSA) is 45.8 Å². The zero-order chi connectivity index (χ0) is 17.2. The van der Waals surface area contributed by atoms with Crippen LogP contribution in [-0.4, -0.2) is 16.6 Å². The number of halogens is 1. The Labute approximate surface area is 150 Å². The number of hydrogen-bond acceptors (Lipinski definition) is 3. The van der Waals surface area contributed by atoms with Crippen molar-refractivity contribution in [2.24, 2.45) is 5.10 Å². The maximum atomic E-state index is 13.1. The van der Waals surface area contributed by atoms with Gasteiger partial charge in [0.25, 0.3) is 5.91 Å². The van der Waals surface area contributed by atoms with Crippen molar-refractivity contribution >= 4 is 23.2 Å². The van der Waals surface area contributed by atoms with Gasteiger partial charge in [0.15, 0.2) is 0 Å². The number of amides is 1. The van der Waals surface area contributed by atoms with Gasteiger partial charge in [-0.3, -0.25) is 4.79 Å². The van der Waals surface area contributed by atoms with Crippen LogP contribution in [0.2, 0.25) is 5.02 Å². The lowest BCUT2D eigenvalue weighted by Crippen LogP contribution is -2.27. The number of benzene rings is 2. The van der Waals surface area contributed by atoms with E-state index in [1.54, 1.807) is 30.5 Å². The largest absolute Gasteiger partial charge is 0.463 e. The van der Waals surface area contributed by atoms with E-state index in [1.165, 1.54) is 5.01 Å². The number of carbonyl (C=O) groups is 1. The van der Waals surface area contributed by atoms with Crippen LogP contribution in [0.5, 0.6) is 0 Å². The first-order chi connectivity index (χ1) is 12.2. The molecule has 3 aromatic rings. The third kappa shape index (κ3) is 2.96. The second kappa shape index (κ2) is 6.57. The van der Waals surface area contributed by atoms with E-state index in [0.29, 0.717) is 22.8 Å². The fourth-order valence-electron chi connectivity index (χ4n) is 2.98. The van der Waals surface area contributed by atoms with E-state index in [9.17, 15) is 4.79 Å². The van der Waals surface area contributed by atoms with Gasteiger partial charge in [-0.05, 0) is 29.8 Å². The molecule has 0 radical (unpaired) electrons. The first kappa shape index (κ1) is 15.7. The van der Waals surface area contributed by atoms with Crippen molar-refractivity contribution < 1.29 is 9.21 Å². The van der Waals surface area contributed by atoms with Crippen molar-refractivity contribution in [3.05, 3.63) is 94.9 Å². The van der Waals surface area contributed by atoms with Crippen LogP contribution in [0, 0.1) is 0 Å². The van der Waals surface area contributed by atoms with Gasteiger partial charge in [0.2, 0.25) is 0 Å². The van der Waals surface area contributed by atoms with E-state index in [4.69, 9.17) is 16.0 Å². The molecule has 1 atom stereocenters. The van der Waals surface area contributed by atoms with Crippen molar-refractivity contribution in [2.75, 3.05) is 0 Å². The van der Waals surface area contributed by atoms with Crippen molar-refractivity contribution in [2.45, 2.75) is 12.5 Å². The molecule has 1 amide bonds. The van der Waals surface area contributed by atoms with E-state index in [2.05, 4.69) is 5.10 Å². The first-order valence-corrected chi connectivity index (χ1v) is 8.36. The highest BCUT2D eigenvalue weighted by Gasteiger charge is 2.35. The molecule has 1 aromatic heterocycles. The van der Waals surface area contributed by atoms with Gasteiger partial charge in [0, 0.05) is 6.42 Å². The van der Waals surface area contributed by atoms with Crippen LogP contribution in [0.3, 0.4) is 0 Å². The summed E-state index contributed by atoms with van der Waals surface area (Å²) in [6.07, 6.45) is 2.20. The van der Waals surface area contributed by atoms with Crippen LogP contribution in [0.15, 0.2) is 82.5 Å². The molecule has 124 valence electrons. The van der Waals surface area contributed by atoms with Crippen LogP contribution in [0.25, 0.3) is 0 Å². The third-order valence-corrected chi connectivity index (χ3v) is 4.54. The molecule has 0 saturated heterocycles. The molecule has 4 nitrogen and oxygen atoms in total. The van der Waals surface area contributed by atoms with E-state index in [0.717, 1.165) is 11.3 Å². The molecule has 2 aromatic carbocycles. The van der Waals surface area contributed by atoms with Crippen LogP contribution in [-0.2, 0) is 0 Å². The Morgan fingerprint density at radius 1 is 1.04 bits per heavy atom. The Morgan fingerprint density at radius 3 is 2.52 bits per heavy atom. The number of furan rings is 1. The predicted molar refractivity (Wildman–Crippen MR) is 96.7 cm³/mol. The summed E-state index contributed by atoms with van der Waals surface area (Å²) in [6.45, 7) is 0. The zero-order valence-corrected chi connectivity index (χ0v) is 14.1. The molecule has 25 heavy (non-hydrogen) atoms. The van der Waals surface area contributed by atoms with Gasteiger partial charge >= 0.3 is 0 Å². The van der Waals surface area contributed by atoms with Crippen LogP contribution in [0.1, 0.15) is 34.1 Å². The molecule has 0 aliphatic carbocycles. The molecule has 0 unspecified atom stereocenters. The molecule has 2 heterocycles. The lowest BCUT2D eigenvalue weighted by molar-refractivity contribution is 0.0711. The summed E-state index contributed by atoms with van der Waals surface area (Å²) in [5.74, 6) is 0.455. The second-order valence-electron chi connectivity index (χ2n) is 5.78. The van der Waals surface area contributed by atoms with Crippen molar-refractivity contribution in [1.82, 2.24) is 5.01 Å². The molecule has 0 N–H and O–H groups in total. The fourth-order valence-corrected chi connectivity index (χ4v) is 3.20. The molecule has 0 fully saturated rings. The Balaban J connectivity index is 1.75. The van der Waals surface area contributed by atoms with E-state index in [-0.39, 0.29) is 11.9 Å². The first-order valence-electron chi connectivity index (χ1n) is 7.98. The van der Waals surface area contributed by atoms with Gasteiger partial charge in [-0.25, -0.2) is 5.01 Å². The Hall–Kier alpha value is -2.85. The predicted octanol–water partition coefficient (Wildman–Crippen LogP) is 4.92. The SMILES string of the molecule is O=C(c1ccccc1Cl)N1N=C(c2ccco2)C[C@@H]1c1ccccc1. The summed E-state index contributed by atoms with van der Waals surface area (Å²) < 4.78 is 5.46. The highest BCUT2D eigenvalue weighted by Crippen LogP contribution is 2.34. The lowest BCUT2D eigenvalue weighted by atomic mass is 10.0. The average molecular weight is 351 g/mol. The van der Waals surface area contributed by atoms with Crippen LogP contribution < -0.4 is 0 Å². The van der Waals surface area contributed by atoms with Crippen molar-refractivity contribution in [1.29, 1.82) is 0 Å². The summed E-state index contributed by atoms with van der Waals surface area (Å²) in [7, 11) is 0. The van der Waals surface area contributed by atoms with Crippen molar-refractivity contribution in [3.8, 4) is 0 Å². The van der Waals surface area contributed by atoms with Gasteiger partial charge in [-0.1, -0.05) is 54.1 Å². The van der Waals surface area contributed by atoms with Gasteiger partial charge in [-0.15, -0.1) is 0 Å². The minimum Gasteiger partial charge on any atom is -0.463 e. The smallest absolute Gasteiger partial charge is 0.276 e. The fraction of sp³-hybridized carbons (Fsp3) is 0.100. The number of nitrogens with zero attached hydrogens (tertiary/aromatic N) is 2. The summed E-state index contributed by atoms with van der Waals surface area (Å²) in [4.78, 5) is 13.1. The maximum Gasteiger partial charge on any atom is 0.276 e. The third-order valence-electron chi connectivity index (χ3n) is 4.21. The van der Waals surface area contributed by atoms with Crippen LogP contribution >= 0.6 is 11.6 Å². The molecule has 0 bridgehead atoms. The summed E-state index contributed by atoms with van der Waals surface area (Å²) in [5, 5.41) is 6.48. The van der Waals surface area contributed by atoms with Crippen LogP contribution in [0.4, 0.5) is 0 Å². The zero-order valence-electron chi connectivity index (χ0n) is 13.3. The summed E-state index contributed by atoms with van der Waals surface area (Å²) >= 11 is 6.21. The van der Waals surface area contributed by atoms with Crippen molar-refractivity contribution in [3.63, 3.8) is 0 Å². The van der Waals surface area contributed by atoms with Gasteiger partial charge in [0.1, 0.15) is 11.5 Å². The number of rotatable bonds is 3. The van der Waals surface area contributed by atoms with E-state index < -0.39 is 0 Å². The number of hydrazone groups is 1. The molecular weight excluding hydrogens is 336 g/mol. The standard InChI is InChI=1S/C20H15ClN2O2/c21-16-10-5-4-9-15(16)20(24)23-18(14-7-2-1-3-8-14)13-17(22-23)19-11-6-12-25-19/h1-12,18H,13H2/t18-/m1/s1. The minimum absolute atomic E-state index is 0.190. The summed E-state index contributed by atoms with van der Waals surface area (Å²) in [6, 6.07) is 20.4. The quantitative estimate of drug-likeness (QED) is 0.672. The highest BCUT2D eigenvalue weighted by atomic mass is 35.5. The van der Waals surface area contributed by atoms with E-state index >= 15 is 0 Å². The Kier molecular flexibility index (Phi) is 4.12. The highest BCUT2D eigenvalue weighted by molar-refractivity contribution is 6.33. The van der Waals surface area contributed by atoms with Gasteiger partial charge < -0.3 is 4.42 Å². The Bertz CT molecular complexity index is 920.